The van der Waals surface area contributed by atoms with Crippen LogP contribution in [-0.2, 0) is 4.79 Å². The van der Waals surface area contributed by atoms with Crippen molar-refractivity contribution in [2.24, 2.45) is 5.10 Å². The molecule has 2 aromatic carbocycles. The molecule has 1 N–H and O–H groups in total. The summed E-state index contributed by atoms with van der Waals surface area (Å²) in [6.07, 6.45) is 0.873. The van der Waals surface area contributed by atoms with E-state index in [1.165, 1.54) is 0 Å². The number of hydrogen-bond donors (Lipinski definition) is 1. The van der Waals surface area contributed by atoms with E-state index >= 15 is 0 Å². The van der Waals surface area contributed by atoms with Crippen molar-refractivity contribution >= 4 is 12.1 Å². The molecular weight excluding hydrogens is 344 g/mol. The molecule has 0 bridgehead atoms. The highest BCUT2D eigenvalue weighted by atomic mass is 16.5. The summed E-state index contributed by atoms with van der Waals surface area (Å²) in [4.78, 5) is 12.2. The van der Waals surface area contributed by atoms with Crippen LogP contribution in [0.5, 0.6) is 17.2 Å². The zero-order chi connectivity index (χ0) is 19.8. The fourth-order valence-electron chi connectivity index (χ4n) is 2.56. The van der Waals surface area contributed by atoms with Crippen LogP contribution in [-0.4, -0.2) is 31.9 Å². The Morgan fingerprint density at radius 2 is 1.85 bits per heavy atom. The molecule has 6 heteroatoms. The first-order valence-electron chi connectivity index (χ1n) is 8.81. The Balaban J connectivity index is 1.95. The average molecular weight is 370 g/mol. The summed E-state index contributed by atoms with van der Waals surface area (Å²) in [6.45, 7) is 8.12. The van der Waals surface area contributed by atoms with Crippen LogP contribution < -0.4 is 19.6 Å². The van der Waals surface area contributed by atoms with Gasteiger partial charge in [0.25, 0.3) is 5.91 Å². The van der Waals surface area contributed by atoms with E-state index in [-0.39, 0.29) is 5.91 Å². The number of hydrogen-bond acceptors (Lipinski definition) is 5. The summed E-state index contributed by atoms with van der Waals surface area (Å²) in [5.41, 5.74) is 5.43. The first-order chi connectivity index (χ1) is 12.9. The standard InChI is InChI=1S/C21H26N2O4/c1-6-26-19-8-7-17(12-20(19)25-5)13-22-23-21(24)16(4)27-18-10-14(2)9-15(3)11-18/h7-13,16H,6H2,1-5H3,(H,23,24)/b22-13+/t16-/m1/s1. The molecule has 0 aromatic heterocycles. The van der Waals surface area contributed by atoms with Crippen LogP contribution in [0.15, 0.2) is 41.5 Å². The molecule has 0 heterocycles. The maximum Gasteiger partial charge on any atom is 0.280 e. The molecular formula is C21H26N2O4. The third kappa shape index (κ3) is 6.02. The topological polar surface area (TPSA) is 69.2 Å². The predicted octanol–water partition coefficient (Wildman–Crippen LogP) is 3.63. The van der Waals surface area contributed by atoms with E-state index in [9.17, 15) is 4.79 Å². The zero-order valence-electron chi connectivity index (χ0n) is 16.4. The van der Waals surface area contributed by atoms with E-state index in [4.69, 9.17) is 14.2 Å². The van der Waals surface area contributed by atoms with E-state index in [1.807, 2.05) is 45.0 Å². The Hall–Kier alpha value is -3.02. The summed E-state index contributed by atoms with van der Waals surface area (Å²) in [6, 6.07) is 11.3. The lowest BCUT2D eigenvalue weighted by Crippen LogP contribution is -2.33. The lowest BCUT2D eigenvalue weighted by molar-refractivity contribution is -0.127. The molecule has 0 radical (unpaired) electrons. The summed E-state index contributed by atoms with van der Waals surface area (Å²) >= 11 is 0. The molecule has 0 saturated carbocycles. The molecule has 1 atom stereocenters. The number of hydrazone groups is 1. The second-order valence-electron chi connectivity index (χ2n) is 6.16. The number of nitrogens with one attached hydrogen (secondary N) is 1. The smallest absolute Gasteiger partial charge is 0.280 e. The number of benzene rings is 2. The van der Waals surface area contributed by atoms with E-state index in [2.05, 4.69) is 10.5 Å². The number of carbonyl (C=O) groups excluding carboxylic acids is 1. The zero-order valence-corrected chi connectivity index (χ0v) is 16.4. The van der Waals surface area contributed by atoms with Gasteiger partial charge < -0.3 is 14.2 Å². The first-order valence-corrected chi connectivity index (χ1v) is 8.81. The van der Waals surface area contributed by atoms with Gasteiger partial charge in [-0.05, 0) is 74.7 Å². The predicted molar refractivity (Wildman–Crippen MR) is 106 cm³/mol. The number of amides is 1. The Labute approximate surface area is 160 Å². The van der Waals surface area contributed by atoms with Gasteiger partial charge in [0.15, 0.2) is 17.6 Å². The molecule has 2 rings (SSSR count). The van der Waals surface area contributed by atoms with Gasteiger partial charge in [0.05, 0.1) is 19.9 Å². The van der Waals surface area contributed by atoms with Crippen LogP contribution in [0.3, 0.4) is 0 Å². The van der Waals surface area contributed by atoms with Crippen molar-refractivity contribution in [3.05, 3.63) is 53.1 Å². The van der Waals surface area contributed by atoms with Crippen LogP contribution in [0.25, 0.3) is 0 Å². The SMILES string of the molecule is CCOc1ccc(/C=N/NC(=O)[C@@H](C)Oc2cc(C)cc(C)c2)cc1OC. The minimum atomic E-state index is -0.668. The van der Waals surface area contributed by atoms with E-state index in [0.717, 1.165) is 16.7 Å². The molecule has 144 valence electrons. The van der Waals surface area contributed by atoms with Crippen LogP contribution in [0, 0.1) is 13.8 Å². The van der Waals surface area contributed by atoms with Gasteiger partial charge in [-0.15, -0.1) is 0 Å². The third-order valence-electron chi connectivity index (χ3n) is 3.75. The summed E-state index contributed by atoms with van der Waals surface area (Å²) < 4.78 is 16.5. The van der Waals surface area contributed by atoms with E-state index < -0.39 is 6.10 Å². The number of carbonyl (C=O) groups is 1. The maximum absolute atomic E-state index is 12.2. The quantitative estimate of drug-likeness (QED) is 0.569. The average Bonchev–Trinajstić information content (AvgIpc) is 2.62. The number of nitrogens with zero attached hydrogens (tertiary/aromatic N) is 1. The van der Waals surface area contributed by atoms with Gasteiger partial charge in [-0.3, -0.25) is 4.79 Å². The lowest BCUT2D eigenvalue weighted by Gasteiger charge is -2.14. The van der Waals surface area contributed by atoms with E-state index in [1.54, 1.807) is 32.4 Å². The van der Waals surface area contributed by atoms with Crippen LogP contribution in [0.4, 0.5) is 0 Å². The fraction of sp³-hybridized carbons (Fsp3) is 0.333. The minimum absolute atomic E-state index is 0.330. The molecule has 0 fully saturated rings. The molecule has 6 nitrogen and oxygen atoms in total. The van der Waals surface area contributed by atoms with Gasteiger partial charge in [0.2, 0.25) is 0 Å². The highest BCUT2D eigenvalue weighted by molar-refractivity contribution is 5.84. The minimum Gasteiger partial charge on any atom is -0.493 e. The molecule has 0 unspecified atom stereocenters. The Morgan fingerprint density at radius 1 is 1.15 bits per heavy atom. The van der Waals surface area contributed by atoms with Crippen molar-refractivity contribution in [3.8, 4) is 17.2 Å². The van der Waals surface area contributed by atoms with Crippen LogP contribution >= 0.6 is 0 Å². The fourth-order valence-corrected chi connectivity index (χ4v) is 2.56. The van der Waals surface area contributed by atoms with Crippen molar-refractivity contribution in [2.45, 2.75) is 33.8 Å². The van der Waals surface area contributed by atoms with Crippen molar-refractivity contribution in [2.75, 3.05) is 13.7 Å². The number of ether oxygens (including phenoxy) is 3. The second kappa shape index (κ2) is 9.62. The van der Waals surface area contributed by atoms with Crippen molar-refractivity contribution in [3.63, 3.8) is 0 Å². The van der Waals surface area contributed by atoms with Gasteiger partial charge in [0, 0.05) is 0 Å². The Morgan fingerprint density at radius 3 is 2.48 bits per heavy atom. The molecule has 0 aliphatic rings. The highest BCUT2D eigenvalue weighted by Gasteiger charge is 2.14. The van der Waals surface area contributed by atoms with Crippen molar-refractivity contribution in [1.29, 1.82) is 0 Å². The maximum atomic E-state index is 12.2. The largest absolute Gasteiger partial charge is 0.493 e. The van der Waals surface area contributed by atoms with Gasteiger partial charge in [-0.25, -0.2) is 5.43 Å². The highest BCUT2D eigenvalue weighted by Crippen LogP contribution is 2.27. The lowest BCUT2D eigenvalue weighted by atomic mass is 10.1. The second-order valence-corrected chi connectivity index (χ2v) is 6.16. The number of aryl methyl sites for hydroxylation is 2. The first kappa shape index (κ1) is 20.3. The molecule has 0 aliphatic carbocycles. The van der Waals surface area contributed by atoms with Gasteiger partial charge in [-0.2, -0.15) is 5.10 Å². The monoisotopic (exact) mass is 370 g/mol. The number of methoxy groups -OCH3 is 1. The number of rotatable bonds is 8. The Kier molecular flexibility index (Phi) is 7.23. The summed E-state index contributed by atoms with van der Waals surface area (Å²) in [5, 5.41) is 3.99. The van der Waals surface area contributed by atoms with Gasteiger partial charge >= 0.3 is 0 Å². The molecule has 0 aliphatic heterocycles. The van der Waals surface area contributed by atoms with E-state index in [0.29, 0.717) is 23.9 Å². The molecule has 27 heavy (non-hydrogen) atoms. The van der Waals surface area contributed by atoms with Crippen LogP contribution in [0.2, 0.25) is 0 Å². The van der Waals surface area contributed by atoms with Crippen molar-refractivity contribution < 1.29 is 19.0 Å². The van der Waals surface area contributed by atoms with Gasteiger partial charge in [-0.1, -0.05) is 6.07 Å². The Bertz CT molecular complexity index is 798. The van der Waals surface area contributed by atoms with Crippen molar-refractivity contribution in [1.82, 2.24) is 5.43 Å². The van der Waals surface area contributed by atoms with Crippen LogP contribution in [0.1, 0.15) is 30.5 Å². The normalized spacial score (nSPS) is 11.9. The molecule has 1 amide bonds. The summed E-state index contributed by atoms with van der Waals surface area (Å²) in [7, 11) is 1.58. The molecule has 2 aromatic rings. The molecule has 0 saturated heterocycles. The molecule has 0 spiro atoms. The third-order valence-corrected chi connectivity index (χ3v) is 3.75. The summed E-state index contributed by atoms with van der Waals surface area (Å²) in [5.74, 6) is 1.61. The van der Waals surface area contributed by atoms with Gasteiger partial charge in [0.1, 0.15) is 5.75 Å².